The normalized spacial score (nSPS) is 23.6. The van der Waals surface area contributed by atoms with Crippen molar-refractivity contribution in [2.24, 2.45) is 0 Å². The molecule has 1 aromatic carbocycles. The lowest BCUT2D eigenvalue weighted by Crippen LogP contribution is -2.54. The van der Waals surface area contributed by atoms with Gasteiger partial charge in [0.25, 0.3) is 0 Å². The first-order chi connectivity index (χ1) is 10.6. The molecule has 1 N–H and O–H groups in total. The summed E-state index contributed by atoms with van der Waals surface area (Å²) in [6, 6.07) is 8.36. The van der Waals surface area contributed by atoms with Crippen molar-refractivity contribution in [3.8, 4) is 0 Å². The first-order valence-corrected chi connectivity index (χ1v) is 9.10. The van der Waals surface area contributed by atoms with Crippen LogP contribution in [0.1, 0.15) is 12.8 Å². The molecule has 1 unspecified atom stereocenters. The van der Waals surface area contributed by atoms with Crippen LogP contribution in [0.2, 0.25) is 0 Å². The lowest BCUT2D eigenvalue weighted by Gasteiger charge is -2.35. The maximum atomic E-state index is 12.5. The molecule has 120 valence electrons. The van der Waals surface area contributed by atoms with E-state index in [0.717, 1.165) is 19.4 Å². The molecule has 0 saturated carbocycles. The number of hydrogen-bond acceptors (Lipinski definition) is 4. The van der Waals surface area contributed by atoms with Crippen LogP contribution in [0.3, 0.4) is 0 Å². The molecule has 2 fully saturated rings. The summed E-state index contributed by atoms with van der Waals surface area (Å²) < 4.78 is 26.5. The highest BCUT2D eigenvalue weighted by molar-refractivity contribution is 7.89. The smallest absolute Gasteiger partial charge is 0.243 e. The third-order valence-corrected chi connectivity index (χ3v) is 6.20. The average Bonchev–Trinajstić information content (AvgIpc) is 3.09. The summed E-state index contributed by atoms with van der Waals surface area (Å²) in [7, 11) is -3.45. The van der Waals surface area contributed by atoms with Gasteiger partial charge in [-0.2, -0.15) is 4.31 Å². The molecule has 1 amide bonds. The standard InChI is InChI=1S/C15H21N3O3S/c19-15(14-7-4-8-16-14)17-9-11-18(12-10-17)22(20,21)13-5-2-1-3-6-13/h1-3,5-6,14,16H,4,7-12H2. The van der Waals surface area contributed by atoms with Gasteiger partial charge in [0, 0.05) is 26.2 Å². The molecule has 22 heavy (non-hydrogen) atoms. The Morgan fingerprint density at radius 3 is 2.36 bits per heavy atom. The number of amides is 1. The molecule has 0 bridgehead atoms. The molecule has 0 spiro atoms. The van der Waals surface area contributed by atoms with E-state index in [1.54, 1.807) is 35.2 Å². The number of carbonyl (C=O) groups is 1. The van der Waals surface area contributed by atoms with E-state index in [1.807, 2.05) is 0 Å². The van der Waals surface area contributed by atoms with Gasteiger partial charge in [-0.15, -0.1) is 0 Å². The molecule has 0 aromatic heterocycles. The van der Waals surface area contributed by atoms with Crippen LogP contribution in [-0.2, 0) is 14.8 Å². The number of benzene rings is 1. The van der Waals surface area contributed by atoms with Crippen LogP contribution in [0.25, 0.3) is 0 Å². The van der Waals surface area contributed by atoms with E-state index in [0.29, 0.717) is 31.1 Å². The molecule has 7 heteroatoms. The van der Waals surface area contributed by atoms with E-state index < -0.39 is 10.0 Å². The van der Waals surface area contributed by atoms with E-state index >= 15 is 0 Å². The van der Waals surface area contributed by atoms with Gasteiger partial charge in [0.1, 0.15) is 0 Å². The van der Waals surface area contributed by atoms with E-state index in [4.69, 9.17) is 0 Å². The van der Waals surface area contributed by atoms with Gasteiger partial charge < -0.3 is 10.2 Å². The first-order valence-electron chi connectivity index (χ1n) is 7.66. The van der Waals surface area contributed by atoms with Crippen molar-refractivity contribution in [2.75, 3.05) is 32.7 Å². The van der Waals surface area contributed by atoms with Crippen molar-refractivity contribution >= 4 is 15.9 Å². The number of carbonyl (C=O) groups excluding carboxylic acids is 1. The fourth-order valence-electron chi connectivity index (χ4n) is 3.01. The predicted molar refractivity (Wildman–Crippen MR) is 82.8 cm³/mol. The van der Waals surface area contributed by atoms with E-state index in [1.165, 1.54) is 4.31 Å². The highest BCUT2D eigenvalue weighted by atomic mass is 32.2. The second-order valence-electron chi connectivity index (χ2n) is 5.69. The molecule has 2 saturated heterocycles. The summed E-state index contributed by atoms with van der Waals surface area (Å²) in [5.74, 6) is 0.106. The maximum Gasteiger partial charge on any atom is 0.243 e. The molecule has 0 radical (unpaired) electrons. The van der Waals surface area contributed by atoms with Gasteiger partial charge in [0.15, 0.2) is 0 Å². The Balaban J connectivity index is 1.63. The third-order valence-electron chi connectivity index (χ3n) is 4.29. The molecule has 0 aliphatic carbocycles. The zero-order chi connectivity index (χ0) is 15.6. The highest BCUT2D eigenvalue weighted by Gasteiger charge is 2.33. The van der Waals surface area contributed by atoms with E-state index in [2.05, 4.69) is 5.32 Å². The average molecular weight is 323 g/mol. The molecule has 2 aliphatic heterocycles. The second kappa shape index (κ2) is 6.36. The third kappa shape index (κ3) is 3.02. The first kappa shape index (κ1) is 15.5. The van der Waals surface area contributed by atoms with Crippen molar-refractivity contribution in [3.63, 3.8) is 0 Å². The Hall–Kier alpha value is -1.44. The summed E-state index contributed by atoms with van der Waals surface area (Å²) in [6.07, 6.45) is 1.90. The zero-order valence-electron chi connectivity index (χ0n) is 12.4. The Morgan fingerprint density at radius 1 is 1.09 bits per heavy atom. The van der Waals surface area contributed by atoms with Gasteiger partial charge in [-0.05, 0) is 31.5 Å². The van der Waals surface area contributed by atoms with Crippen LogP contribution in [0, 0.1) is 0 Å². The summed E-state index contributed by atoms with van der Waals surface area (Å²) in [5, 5.41) is 3.20. The lowest BCUT2D eigenvalue weighted by molar-refractivity contribution is -0.134. The van der Waals surface area contributed by atoms with Crippen LogP contribution in [0.5, 0.6) is 0 Å². The molecular formula is C15H21N3O3S. The minimum absolute atomic E-state index is 0.0859. The van der Waals surface area contributed by atoms with Gasteiger partial charge in [-0.25, -0.2) is 8.42 Å². The van der Waals surface area contributed by atoms with Crippen molar-refractivity contribution in [2.45, 2.75) is 23.8 Å². The van der Waals surface area contributed by atoms with Gasteiger partial charge in [-0.1, -0.05) is 18.2 Å². The molecule has 2 aliphatic rings. The maximum absolute atomic E-state index is 12.5. The van der Waals surface area contributed by atoms with Crippen LogP contribution in [0.15, 0.2) is 35.2 Å². The number of rotatable bonds is 3. The number of sulfonamides is 1. The molecule has 6 nitrogen and oxygen atoms in total. The molecule has 2 heterocycles. The molecular weight excluding hydrogens is 302 g/mol. The molecule has 1 atom stereocenters. The van der Waals surface area contributed by atoms with Crippen molar-refractivity contribution < 1.29 is 13.2 Å². The van der Waals surface area contributed by atoms with Gasteiger partial charge in [-0.3, -0.25) is 4.79 Å². The van der Waals surface area contributed by atoms with Crippen LogP contribution in [0.4, 0.5) is 0 Å². The van der Waals surface area contributed by atoms with Crippen LogP contribution in [-0.4, -0.2) is 62.3 Å². The summed E-state index contributed by atoms with van der Waals surface area (Å²) in [6.45, 7) is 2.52. The van der Waals surface area contributed by atoms with E-state index in [9.17, 15) is 13.2 Å². The molecule has 1 aromatic rings. The number of nitrogens with zero attached hydrogens (tertiary/aromatic N) is 2. The predicted octanol–water partition coefficient (Wildman–Crippen LogP) is 0.272. The van der Waals surface area contributed by atoms with Crippen LogP contribution >= 0.6 is 0 Å². The SMILES string of the molecule is O=C(C1CCCN1)N1CCN(S(=O)(=O)c2ccccc2)CC1. The van der Waals surface area contributed by atoms with Crippen LogP contribution < -0.4 is 5.32 Å². The minimum atomic E-state index is -3.45. The Bertz CT molecular complexity index is 619. The van der Waals surface area contributed by atoms with Crippen molar-refractivity contribution in [1.82, 2.24) is 14.5 Å². The summed E-state index contributed by atoms with van der Waals surface area (Å²) >= 11 is 0. The quantitative estimate of drug-likeness (QED) is 0.867. The Labute approximate surface area is 131 Å². The Kier molecular flexibility index (Phi) is 4.46. The van der Waals surface area contributed by atoms with Crippen molar-refractivity contribution in [1.29, 1.82) is 0 Å². The zero-order valence-corrected chi connectivity index (χ0v) is 13.3. The second-order valence-corrected chi connectivity index (χ2v) is 7.63. The highest BCUT2D eigenvalue weighted by Crippen LogP contribution is 2.18. The number of piperazine rings is 1. The Morgan fingerprint density at radius 2 is 1.77 bits per heavy atom. The summed E-state index contributed by atoms with van der Waals surface area (Å²) in [5.41, 5.74) is 0. The largest absolute Gasteiger partial charge is 0.339 e. The minimum Gasteiger partial charge on any atom is -0.339 e. The van der Waals surface area contributed by atoms with Gasteiger partial charge in [0.2, 0.25) is 15.9 Å². The fraction of sp³-hybridized carbons (Fsp3) is 0.533. The number of nitrogens with one attached hydrogen (secondary N) is 1. The summed E-state index contributed by atoms with van der Waals surface area (Å²) in [4.78, 5) is 14.4. The van der Waals surface area contributed by atoms with Gasteiger partial charge in [0.05, 0.1) is 10.9 Å². The molecule has 3 rings (SSSR count). The monoisotopic (exact) mass is 323 g/mol. The van der Waals surface area contributed by atoms with Gasteiger partial charge >= 0.3 is 0 Å². The number of hydrogen-bond donors (Lipinski definition) is 1. The topological polar surface area (TPSA) is 69.7 Å². The lowest BCUT2D eigenvalue weighted by atomic mass is 10.2. The van der Waals surface area contributed by atoms with Crippen molar-refractivity contribution in [3.05, 3.63) is 30.3 Å². The fourth-order valence-corrected chi connectivity index (χ4v) is 4.45. The van der Waals surface area contributed by atoms with E-state index in [-0.39, 0.29) is 11.9 Å².